The molecule has 6 heteroatoms. The van der Waals surface area contributed by atoms with Crippen molar-refractivity contribution in [3.63, 3.8) is 0 Å². The lowest BCUT2D eigenvalue weighted by atomic mass is 9.74. The van der Waals surface area contributed by atoms with Gasteiger partial charge in [-0.2, -0.15) is 0 Å². The van der Waals surface area contributed by atoms with Crippen molar-refractivity contribution in [3.8, 4) is 5.75 Å². The molecule has 0 spiro atoms. The SMILES string of the molecule is CCOC1(OCC)c2cccc(OCc3ccccc3)c2C1(OCC)O[Si](C)(C)C(C)(C)C. The summed E-state index contributed by atoms with van der Waals surface area (Å²) in [5.41, 5.74) is 2.88. The largest absolute Gasteiger partial charge is 0.488 e. The van der Waals surface area contributed by atoms with E-state index < -0.39 is 19.9 Å². The monoisotopic (exact) mass is 472 g/mol. The number of ether oxygens (including phenoxy) is 4. The fourth-order valence-electron chi connectivity index (χ4n) is 4.10. The molecule has 0 N–H and O–H groups in total. The van der Waals surface area contributed by atoms with Gasteiger partial charge in [0, 0.05) is 25.4 Å². The zero-order chi connectivity index (χ0) is 24.3. The van der Waals surface area contributed by atoms with Crippen LogP contribution >= 0.6 is 0 Å². The molecule has 182 valence electrons. The molecular formula is C27H40O5Si. The Balaban J connectivity index is 2.16. The lowest BCUT2D eigenvalue weighted by Crippen LogP contribution is -2.68. The molecule has 3 rings (SSSR count). The van der Waals surface area contributed by atoms with E-state index in [0.717, 1.165) is 22.4 Å². The van der Waals surface area contributed by atoms with Crippen molar-refractivity contribution in [1.29, 1.82) is 0 Å². The van der Waals surface area contributed by atoms with Gasteiger partial charge in [0.05, 0.1) is 5.56 Å². The Morgan fingerprint density at radius 1 is 0.758 bits per heavy atom. The van der Waals surface area contributed by atoms with Crippen LogP contribution in [0.25, 0.3) is 0 Å². The second-order valence-electron chi connectivity index (χ2n) is 9.85. The van der Waals surface area contributed by atoms with E-state index in [1.165, 1.54) is 0 Å². The minimum atomic E-state index is -2.31. The van der Waals surface area contributed by atoms with E-state index in [4.69, 9.17) is 23.4 Å². The van der Waals surface area contributed by atoms with Crippen molar-refractivity contribution in [2.75, 3.05) is 19.8 Å². The topological polar surface area (TPSA) is 46.2 Å². The predicted molar refractivity (Wildman–Crippen MR) is 134 cm³/mol. The molecule has 0 saturated carbocycles. The van der Waals surface area contributed by atoms with Crippen LogP contribution in [0.4, 0.5) is 0 Å². The Hall–Kier alpha value is -1.70. The van der Waals surface area contributed by atoms with Crippen molar-refractivity contribution in [1.82, 2.24) is 0 Å². The first-order valence-corrected chi connectivity index (χ1v) is 14.9. The Morgan fingerprint density at radius 3 is 1.88 bits per heavy atom. The Kier molecular flexibility index (Phi) is 7.76. The average molecular weight is 473 g/mol. The van der Waals surface area contributed by atoms with Crippen LogP contribution in [0.3, 0.4) is 0 Å². The van der Waals surface area contributed by atoms with Crippen LogP contribution in [0.5, 0.6) is 5.75 Å². The molecule has 0 aromatic heterocycles. The molecule has 0 radical (unpaired) electrons. The van der Waals surface area contributed by atoms with E-state index in [2.05, 4.69) is 46.0 Å². The van der Waals surface area contributed by atoms with Crippen molar-refractivity contribution >= 4 is 8.32 Å². The summed E-state index contributed by atoms with van der Waals surface area (Å²) in [6.45, 7) is 18.9. The minimum Gasteiger partial charge on any atom is -0.488 e. The summed E-state index contributed by atoms with van der Waals surface area (Å²) in [4.78, 5) is 0. The summed E-state index contributed by atoms with van der Waals surface area (Å²) in [6, 6.07) is 16.1. The third kappa shape index (κ3) is 4.52. The summed E-state index contributed by atoms with van der Waals surface area (Å²) >= 11 is 0. The van der Waals surface area contributed by atoms with Crippen LogP contribution in [-0.2, 0) is 36.8 Å². The molecule has 5 nitrogen and oxygen atoms in total. The number of benzene rings is 2. The van der Waals surface area contributed by atoms with Crippen molar-refractivity contribution in [2.45, 2.75) is 77.9 Å². The Labute approximate surface area is 200 Å². The van der Waals surface area contributed by atoms with Crippen molar-refractivity contribution in [2.24, 2.45) is 0 Å². The van der Waals surface area contributed by atoms with Gasteiger partial charge in [0.15, 0.2) is 8.32 Å². The molecule has 0 aliphatic heterocycles. The number of fused-ring (bicyclic) bond motifs is 1. The summed E-state index contributed by atoms with van der Waals surface area (Å²) < 4.78 is 32.7. The van der Waals surface area contributed by atoms with Gasteiger partial charge in [0.25, 0.3) is 11.6 Å². The minimum absolute atomic E-state index is 0.0309. The third-order valence-electron chi connectivity index (χ3n) is 6.63. The number of rotatable bonds is 11. The van der Waals surface area contributed by atoms with Crippen LogP contribution in [0.2, 0.25) is 18.1 Å². The molecule has 2 aromatic carbocycles. The highest BCUT2D eigenvalue weighted by atomic mass is 28.4. The summed E-state index contributed by atoms with van der Waals surface area (Å²) in [7, 11) is -2.31. The molecule has 2 aromatic rings. The third-order valence-corrected chi connectivity index (χ3v) is 11.0. The highest BCUT2D eigenvalue weighted by Gasteiger charge is 2.72. The number of hydrogen-bond donors (Lipinski definition) is 0. The maximum Gasteiger partial charge on any atom is 0.255 e. The standard InChI is InChI=1S/C27H40O5Si/c1-9-29-26(30-10-2)22-18-15-19-23(28-20-21-16-13-12-14-17-21)24(22)27(26,31-11-3)32-33(7,8)25(4,5)6/h12-19H,9-11,20H2,1-8H3. The zero-order valence-corrected chi connectivity index (χ0v) is 22.5. The van der Waals surface area contributed by atoms with Crippen LogP contribution in [0, 0.1) is 0 Å². The fraction of sp³-hybridized carbons (Fsp3) is 0.556. The molecule has 1 unspecified atom stereocenters. The molecule has 1 aliphatic rings. The van der Waals surface area contributed by atoms with E-state index in [1.54, 1.807) is 0 Å². The van der Waals surface area contributed by atoms with Crippen molar-refractivity contribution in [3.05, 3.63) is 65.2 Å². The van der Waals surface area contributed by atoms with E-state index >= 15 is 0 Å². The van der Waals surface area contributed by atoms with Gasteiger partial charge in [0.2, 0.25) is 0 Å². The van der Waals surface area contributed by atoms with Crippen LogP contribution in [0.15, 0.2) is 48.5 Å². The van der Waals surface area contributed by atoms with Gasteiger partial charge >= 0.3 is 0 Å². The number of hydrogen-bond acceptors (Lipinski definition) is 5. The maximum atomic E-state index is 7.09. The predicted octanol–water partition coefficient (Wildman–Crippen LogP) is 6.72. The Morgan fingerprint density at radius 2 is 1.33 bits per heavy atom. The highest BCUT2D eigenvalue weighted by Crippen LogP contribution is 2.64. The van der Waals surface area contributed by atoms with Gasteiger partial charge in [-0.15, -0.1) is 0 Å². The molecule has 0 amide bonds. The molecule has 1 aliphatic carbocycles. The quantitative estimate of drug-likeness (QED) is 0.268. The summed E-state index contributed by atoms with van der Waals surface area (Å²) in [5, 5.41) is -0.0309. The van der Waals surface area contributed by atoms with Crippen LogP contribution in [-0.4, -0.2) is 28.1 Å². The molecule has 0 bridgehead atoms. The molecule has 1 atom stereocenters. The van der Waals surface area contributed by atoms with Gasteiger partial charge < -0.3 is 23.4 Å². The van der Waals surface area contributed by atoms with Gasteiger partial charge in [-0.3, -0.25) is 0 Å². The second-order valence-corrected chi connectivity index (χ2v) is 14.6. The lowest BCUT2D eigenvalue weighted by molar-refractivity contribution is -0.431. The van der Waals surface area contributed by atoms with Crippen molar-refractivity contribution < 1.29 is 23.4 Å². The summed E-state index contributed by atoms with van der Waals surface area (Å²) in [6.07, 6.45) is 0. The first kappa shape index (κ1) is 25.9. The lowest BCUT2D eigenvalue weighted by Gasteiger charge is -2.60. The van der Waals surface area contributed by atoms with Crippen LogP contribution in [0.1, 0.15) is 58.2 Å². The summed E-state index contributed by atoms with van der Waals surface area (Å²) in [5.74, 6) is -1.62. The zero-order valence-electron chi connectivity index (χ0n) is 21.5. The maximum absolute atomic E-state index is 7.09. The molecule has 0 saturated heterocycles. The van der Waals surface area contributed by atoms with E-state index in [0.29, 0.717) is 26.4 Å². The first-order valence-electron chi connectivity index (χ1n) is 12.0. The molecule has 33 heavy (non-hydrogen) atoms. The Bertz CT molecular complexity index is 916. The normalized spacial score (nSPS) is 19.6. The average Bonchev–Trinajstić information content (AvgIpc) is 2.76. The van der Waals surface area contributed by atoms with Gasteiger partial charge in [-0.05, 0) is 50.5 Å². The molecular weight excluding hydrogens is 432 g/mol. The van der Waals surface area contributed by atoms with Crippen LogP contribution < -0.4 is 4.74 Å². The molecule has 0 fully saturated rings. The van der Waals surface area contributed by atoms with Gasteiger partial charge in [-0.25, -0.2) is 0 Å². The first-order chi connectivity index (χ1) is 15.6. The smallest absolute Gasteiger partial charge is 0.255 e. The highest BCUT2D eigenvalue weighted by molar-refractivity contribution is 6.74. The van der Waals surface area contributed by atoms with E-state index in [1.807, 2.05) is 57.2 Å². The fourth-order valence-corrected chi connectivity index (χ4v) is 5.42. The van der Waals surface area contributed by atoms with E-state index in [-0.39, 0.29) is 5.04 Å². The molecule has 0 heterocycles. The van der Waals surface area contributed by atoms with E-state index in [9.17, 15) is 0 Å². The van der Waals surface area contributed by atoms with Gasteiger partial charge in [0.1, 0.15) is 12.4 Å². The second kappa shape index (κ2) is 9.88. The van der Waals surface area contributed by atoms with Gasteiger partial charge in [-0.1, -0.05) is 63.2 Å².